The van der Waals surface area contributed by atoms with Crippen molar-refractivity contribution in [3.63, 3.8) is 0 Å². The lowest BCUT2D eigenvalue weighted by atomic mass is 9.95. The molecule has 3 N–H and O–H groups in total. The summed E-state index contributed by atoms with van der Waals surface area (Å²) in [6.45, 7) is 10.4. The van der Waals surface area contributed by atoms with Crippen molar-refractivity contribution in [2.24, 2.45) is 5.84 Å². The molecular weight excluding hydrogens is 280 g/mol. The maximum Gasteiger partial charge on any atom is 0.147 e. The van der Waals surface area contributed by atoms with Crippen LogP contribution in [-0.2, 0) is 5.41 Å². The van der Waals surface area contributed by atoms with Gasteiger partial charge in [0.1, 0.15) is 16.7 Å². The van der Waals surface area contributed by atoms with Crippen LogP contribution in [0.3, 0.4) is 0 Å². The van der Waals surface area contributed by atoms with Crippen molar-refractivity contribution in [2.75, 3.05) is 5.43 Å². The first-order valence-corrected chi connectivity index (χ1v) is 7.74. The van der Waals surface area contributed by atoms with Crippen molar-refractivity contribution in [3.8, 4) is 0 Å². The van der Waals surface area contributed by atoms with Gasteiger partial charge >= 0.3 is 0 Å². The molecule has 2 aromatic rings. The van der Waals surface area contributed by atoms with Gasteiger partial charge in [0.15, 0.2) is 0 Å². The van der Waals surface area contributed by atoms with Crippen molar-refractivity contribution >= 4 is 17.6 Å². The second kappa shape index (κ2) is 6.03. The molecule has 1 aromatic carbocycles. The van der Waals surface area contributed by atoms with Crippen LogP contribution < -0.4 is 11.3 Å². The van der Waals surface area contributed by atoms with E-state index in [2.05, 4.69) is 50.2 Å². The Morgan fingerprint density at radius 1 is 1.10 bits per heavy atom. The molecule has 1 aromatic heterocycles. The maximum absolute atomic E-state index is 5.61. The summed E-state index contributed by atoms with van der Waals surface area (Å²) in [6.07, 6.45) is 0. The quantitative estimate of drug-likeness (QED) is 0.512. The highest BCUT2D eigenvalue weighted by Crippen LogP contribution is 2.34. The first-order chi connectivity index (χ1) is 9.82. The van der Waals surface area contributed by atoms with Gasteiger partial charge in [-0.2, -0.15) is 0 Å². The second-order valence-electron chi connectivity index (χ2n) is 6.09. The van der Waals surface area contributed by atoms with Crippen LogP contribution in [0.2, 0.25) is 0 Å². The number of aryl methyl sites for hydroxylation is 1. The summed E-state index contributed by atoms with van der Waals surface area (Å²) in [4.78, 5) is 10.5. The molecule has 0 aliphatic carbocycles. The van der Waals surface area contributed by atoms with Gasteiger partial charge in [0.05, 0.1) is 0 Å². The van der Waals surface area contributed by atoms with Gasteiger partial charge in [-0.05, 0) is 25.5 Å². The van der Waals surface area contributed by atoms with E-state index in [-0.39, 0.29) is 5.41 Å². The number of benzene rings is 1. The van der Waals surface area contributed by atoms with Crippen LogP contribution in [0.15, 0.2) is 34.2 Å². The molecule has 1 heterocycles. The third-order valence-electron chi connectivity index (χ3n) is 3.21. The van der Waals surface area contributed by atoms with Crippen LogP contribution in [0.5, 0.6) is 0 Å². The van der Waals surface area contributed by atoms with Crippen molar-refractivity contribution in [2.45, 2.75) is 50.0 Å². The predicted molar refractivity (Wildman–Crippen MR) is 88.6 cm³/mol. The monoisotopic (exact) mass is 302 g/mol. The summed E-state index contributed by atoms with van der Waals surface area (Å²) in [5, 5.41) is 0.942. The van der Waals surface area contributed by atoms with Crippen LogP contribution in [0.25, 0.3) is 0 Å². The van der Waals surface area contributed by atoms with Gasteiger partial charge in [-0.1, -0.05) is 50.7 Å². The number of nitrogens with two attached hydrogens (primary N) is 1. The average Bonchev–Trinajstić information content (AvgIpc) is 2.42. The second-order valence-corrected chi connectivity index (χ2v) is 7.12. The van der Waals surface area contributed by atoms with Crippen LogP contribution in [0.1, 0.15) is 37.7 Å². The number of anilines is 1. The van der Waals surface area contributed by atoms with E-state index in [1.807, 2.05) is 19.1 Å². The zero-order chi connectivity index (χ0) is 15.6. The molecule has 0 amide bonds. The number of rotatable bonds is 3. The molecule has 0 aliphatic rings. The van der Waals surface area contributed by atoms with Gasteiger partial charge in [-0.15, -0.1) is 0 Å². The van der Waals surface area contributed by atoms with Crippen LogP contribution in [-0.4, -0.2) is 9.97 Å². The SMILES string of the molecule is Cc1ccccc1Sc1nc(C(C)(C)C)nc(NN)c1C. The molecule has 0 saturated heterocycles. The molecule has 4 nitrogen and oxygen atoms in total. The summed E-state index contributed by atoms with van der Waals surface area (Å²) in [6, 6.07) is 8.29. The normalized spacial score (nSPS) is 11.5. The average molecular weight is 302 g/mol. The Bertz CT molecular complexity index is 647. The number of hydrogen-bond donors (Lipinski definition) is 2. The van der Waals surface area contributed by atoms with E-state index in [1.54, 1.807) is 11.8 Å². The topological polar surface area (TPSA) is 63.8 Å². The Morgan fingerprint density at radius 3 is 2.33 bits per heavy atom. The van der Waals surface area contributed by atoms with Gasteiger partial charge in [-0.3, -0.25) is 0 Å². The molecule has 5 heteroatoms. The minimum absolute atomic E-state index is 0.125. The summed E-state index contributed by atoms with van der Waals surface area (Å²) in [5.41, 5.74) is 4.77. The Hall–Kier alpha value is -1.59. The van der Waals surface area contributed by atoms with Gasteiger partial charge in [0.2, 0.25) is 0 Å². The van der Waals surface area contributed by atoms with E-state index >= 15 is 0 Å². The zero-order valence-corrected chi connectivity index (χ0v) is 14.0. The summed E-state index contributed by atoms with van der Waals surface area (Å²) in [5.74, 6) is 7.08. The van der Waals surface area contributed by atoms with Crippen molar-refractivity contribution in [1.82, 2.24) is 9.97 Å². The van der Waals surface area contributed by atoms with E-state index in [1.165, 1.54) is 10.5 Å². The number of hydrogen-bond acceptors (Lipinski definition) is 5. The molecule has 2 rings (SSSR count). The highest BCUT2D eigenvalue weighted by molar-refractivity contribution is 7.99. The molecule has 21 heavy (non-hydrogen) atoms. The first-order valence-electron chi connectivity index (χ1n) is 6.92. The lowest BCUT2D eigenvalue weighted by Crippen LogP contribution is -2.20. The predicted octanol–water partition coefficient (Wildman–Crippen LogP) is 3.83. The largest absolute Gasteiger partial charge is 0.308 e. The molecule has 112 valence electrons. The molecule has 0 saturated carbocycles. The van der Waals surface area contributed by atoms with Gasteiger partial charge in [0.25, 0.3) is 0 Å². The molecule has 0 spiro atoms. The Kier molecular flexibility index (Phi) is 4.54. The standard InChI is InChI=1S/C16H22N4S/c1-10-8-6-7-9-12(10)21-14-11(2)13(20-17)18-15(19-14)16(3,4)5/h6-9H,17H2,1-5H3,(H,18,19,20). The molecule has 0 fully saturated rings. The number of nitrogen functional groups attached to an aromatic ring is 1. The third kappa shape index (κ3) is 3.54. The number of aromatic nitrogens is 2. The molecule has 0 unspecified atom stereocenters. The molecule has 0 radical (unpaired) electrons. The van der Waals surface area contributed by atoms with Crippen LogP contribution in [0, 0.1) is 13.8 Å². The third-order valence-corrected chi connectivity index (χ3v) is 4.48. The zero-order valence-electron chi connectivity index (χ0n) is 13.2. The Balaban J connectivity index is 2.50. The fourth-order valence-corrected chi connectivity index (χ4v) is 2.81. The molecule has 0 bridgehead atoms. The van der Waals surface area contributed by atoms with Crippen molar-refractivity contribution in [1.29, 1.82) is 0 Å². The summed E-state index contributed by atoms with van der Waals surface area (Å²) in [7, 11) is 0. The molecular formula is C16H22N4S. The highest BCUT2D eigenvalue weighted by atomic mass is 32.2. The minimum Gasteiger partial charge on any atom is -0.308 e. The number of hydrazine groups is 1. The van der Waals surface area contributed by atoms with E-state index in [9.17, 15) is 0 Å². The fraction of sp³-hybridized carbons (Fsp3) is 0.375. The first kappa shape index (κ1) is 15.8. The Morgan fingerprint density at radius 2 is 1.76 bits per heavy atom. The number of nitrogens with zero attached hydrogens (tertiary/aromatic N) is 2. The summed E-state index contributed by atoms with van der Waals surface area (Å²) >= 11 is 1.65. The van der Waals surface area contributed by atoms with E-state index in [0.717, 1.165) is 16.4 Å². The van der Waals surface area contributed by atoms with Crippen LogP contribution in [0.4, 0.5) is 5.82 Å². The van der Waals surface area contributed by atoms with E-state index in [0.29, 0.717) is 5.82 Å². The summed E-state index contributed by atoms with van der Waals surface area (Å²) < 4.78 is 0. The number of nitrogens with one attached hydrogen (secondary N) is 1. The van der Waals surface area contributed by atoms with Gasteiger partial charge in [0, 0.05) is 15.9 Å². The Labute approximate surface area is 130 Å². The van der Waals surface area contributed by atoms with Gasteiger partial charge in [-0.25, -0.2) is 15.8 Å². The van der Waals surface area contributed by atoms with Crippen molar-refractivity contribution < 1.29 is 0 Å². The smallest absolute Gasteiger partial charge is 0.147 e. The minimum atomic E-state index is -0.125. The van der Waals surface area contributed by atoms with E-state index < -0.39 is 0 Å². The molecule has 0 aliphatic heterocycles. The maximum atomic E-state index is 5.61. The fourth-order valence-electron chi connectivity index (χ4n) is 1.85. The molecule has 0 atom stereocenters. The lowest BCUT2D eigenvalue weighted by Gasteiger charge is -2.20. The highest BCUT2D eigenvalue weighted by Gasteiger charge is 2.21. The van der Waals surface area contributed by atoms with Crippen molar-refractivity contribution in [3.05, 3.63) is 41.2 Å². The van der Waals surface area contributed by atoms with E-state index in [4.69, 9.17) is 10.8 Å². The lowest BCUT2D eigenvalue weighted by molar-refractivity contribution is 0.538. The van der Waals surface area contributed by atoms with Gasteiger partial charge < -0.3 is 5.43 Å². The van der Waals surface area contributed by atoms with Crippen LogP contribution >= 0.6 is 11.8 Å².